The van der Waals surface area contributed by atoms with Crippen molar-refractivity contribution in [2.75, 3.05) is 6.61 Å². The predicted molar refractivity (Wildman–Crippen MR) is 140 cm³/mol. The lowest BCUT2D eigenvalue weighted by Gasteiger charge is -2.24. The van der Waals surface area contributed by atoms with Crippen molar-refractivity contribution in [3.63, 3.8) is 0 Å². The molecule has 3 aromatic carbocycles. The average molecular weight is 524 g/mol. The molecule has 0 saturated carbocycles. The molecule has 0 saturated heterocycles. The smallest absolute Gasteiger partial charge is 0.291 e. The van der Waals surface area contributed by atoms with Crippen LogP contribution in [-0.4, -0.2) is 31.0 Å². The largest absolute Gasteiger partial charge is 0.485 e. The molecule has 0 bridgehead atoms. The van der Waals surface area contributed by atoms with Gasteiger partial charge in [0.25, 0.3) is 5.56 Å². The number of rotatable bonds is 4. The van der Waals surface area contributed by atoms with Crippen molar-refractivity contribution in [1.82, 2.24) is 24.4 Å². The summed E-state index contributed by atoms with van der Waals surface area (Å²) in [5.74, 6) is 1.33. The predicted octanol–water partition coefficient (Wildman–Crippen LogP) is 4.20. The zero-order valence-corrected chi connectivity index (χ0v) is 20.5. The summed E-state index contributed by atoms with van der Waals surface area (Å²) in [5, 5.41) is 9.17. The Morgan fingerprint density at radius 1 is 0.947 bits per heavy atom. The molecular weight excluding hydrogens is 505 g/mol. The van der Waals surface area contributed by atoms with Gasteiger partial charge in [-0.15, -0.1) is 5.10 Å². The molecule has 0 amide bonds. The standard InChI is InChI=1S/C28H18FN5O3S/c29-19-12-10-17(11-13-19)25-18(15-33(31-25)20-6-2-1-3-7-20)14-24-27(35)34-28(38-24)30-26(32-34)23-16-36-21-8-4-5-9-22(21)37-23/h1-15,23H,16H2. The van der Waals surface area contributed by atoms with Crippen LogP contribution in [0.1, 0.15) is 17.5 Å². The van der Waals surface area contributed by atoms with Gasteiger partial charge in [0.2, 0.25) is 4.96 Å². The minimum Gasteiger partial charge on any atom is -0.485 e. The van der Waals surface area contributed by atoms with E-state index in [0.29, 0.717) is 38.1 Å². The van der Waals surface area contributed by atoms with Crippen LogP contribution >= 0.6 is 11.3 Å². The zero-order valence-electron chi connectivity index (χ0n) is 19.7. The van der Waals surface area contributed by atoms with Crippen LogP contribution in [0.15, 0.2) is 89.9 Å². The highest BCUT2D eigenvalue weighted by molar-refractivity contribution is 7.15. The number of aromatic nitrogens is 5. The van der Waals surface area contributed by atoms with Crippen molar-refractivity contribution in [3.05, 3.63) is 117 Å². The summed E-state index contributed by atoms with van der Waals surface area (Å²) >= 11 is 1.23. The van der Waals surface area contributed by atoms with Crippen molar-refractivity contribution < 1.29 is 13.9 Å². The Bertz CT molecular complexity index is 1900. The molecule has 7 rings (SSSR count). The summed E-state index contributed by atoms with van der Waals surface area (Å²) in [6.45, 7) is 0.252. The van der Waals surface area contributed by atoms with Gasteiger partial charge in [0.05, 0.1) is 10.2 Å². The number of nitrogens with zero attached hydrogens (tertiary/aromatic N) is 5. The van der Waals surface area contributed by atoms with Gasteiger partial charge in [0.15, 0.2) is 23.4 Å². The number of halogens is 1. The first kappa shape index (κ1) is 22.4. The second-order valence-electron chi connectivity index (χ2n) is 8.66. The van der Waals surface area contributed by atoms with Crippen LogP contribution in [0.5, 0.6) is 11.5 Å². The van der Waals surface area contributed by atoms with E-state index in [0.717, 1.165) is 11.3 Å². The van der Waals surface area contributed by atoms with Crippen molar-refractivity contribution >= 4 is 22.4 Å². The van der Waals surface area contributed by atoms with E-state index < -0.39 is 6.10 Å². The topological polar surface area (TPSA) is 83.5 Å². The lowest BCUT2D eigenvalue weighted by molar-refractivity contribution is 0.0852. The van der Waals surface area contributed by atoms with E-state index in [1.165, 1.54) is 28.0 Å². The Morgan fingerprint density at radius 3 is 2.50 bits per heavy atom. The van der Waals surface area contributed by atoms with Crippen molar-refractivity contribution in [2.24, 2.45) is 0 Å². The molecule has 0 aliphatic carbocycles. The van der Waals surface area contributed by atoms with Gasteiger partial charge in [-0.05, 0) is 54.6 Å². The molecule has 0 radical (unpaired) electrons. The lowest BCUT2D eigenvalue weighted by Crippen LogP contribution is -2.26. The van der Waals surface area contributed by atoms with E-state index in [9.17, 15) is 9.18 Å². The lowest BCUT2D eigenvalue weighted by atomic mass is 10.1. The normalized spacial score (nSPS) is 15.3. The van der Waals surface area contributed by atoms with Crippen LogP contribution in [-0.2, 0) is 0 Å². The molecule has 4 heterocycles. The van der Waals surface area contributed by atoms with Gasteiger partial charge < -0.3 is 9.47 Å². The molecule has 0 N–H and O–H groups in total. The second kappa shape index (κ2) is 8.93. The summed E-state index contributed by atoms with van der Waals surface area (Å²) in [6.07, 6.45) is 3.10. The fraction of sp³-hybridized carbons (Fsp3) is 0.0714. The van der Waals surface area contributed by atoms with E-state index >= 15 is 0 Å². The van der Waals surface area contributed by atoms with Crippen LogP contribution in [0.25, 0.3) is 28.0 Å². The first-order chi connectivity index (χ1) is 18.6. The summed E-state index contributed by atoms with van der Waals surface area (Å²) in [7, 11) is 0. The number of para-hydroxylation sites is 3. The van der Waals surface area contributed by atoms with E-state index in [2.05, 4.69) is 10.1 Å². The molecule has 0 spiro atoms. The van der Waals surface area contributed by atoms with Crippen LogP contribution in [0.3, 0.4) is 0 Å². The van der Waals surface area contributed by atoms with E-state index in [1.807, 2.05) is 60.8 Å². The summed E-state index contributed by atoms with van der Waals surface area (Å²) in [6, 6.07) is 23.1. The maximum atomic E-state index is 13.6. The molecule has 6 aromatic rings. The van der Waals surface area contributed by atoms with Gasteiger partial charge in [-0.1, -0.05) is 41.7 Å². The number of hydrogen-bond donors (Lipinski definition) is 0. The maximum Gasteiger partial charge on any atom is 0.291 e. The maximum absolute atomic E-state index is 13.6. The fourth-order valence-electron chi connectivity index (χ4n) is 4.31. The minimum absolute atomic E-state index is 0.252. The molecule has 0 fully saturated rings. The fourth-order valence-corrected chi connectivity index (χ4v) is 5.22. The van der Waals surface area contributed by atoms with Crippen molar-refractivity contribution in [3.8, 4) is 28.4 Å². The Hall–Kier alpha value is -4.83. The molecule has 1 atom stereocenters. The number of hydrogen-bond acceptors (Lipinski definition) is 7. The Kier molecular flexibility index (Phi) is 5.26. The van der Waals surface area contributed by atoms with Crippen molar-refractivity contribution in [1.29, 1.82) is 0 Å². The number of thiazole rings is 1. The van der Waals surface area contributed by atoms with Crippen LogP contribution in [0.2, 0.25) is 0 Å². The molecular formula is C28H18FN5O3S. The first-order valence-corrected chi connectivity index (χ1v) is 12.6. The van der Waals surface area contributed by atoms with Gasteiger partial charge in [0.1, 0.15) is 18.1 Å². The van der Waals surface area contributed by atoms with Crippen LogP contribution in [0, 0.1) is 5.82 Å². The van der Waals surface area contributed by atoms with Gasteiger partial charge in [-0.25, -0.2) is 9.07 Å². The van der Waals surface area contributed by atoms with Gasteiger partial charge in [0, 0.05) is 17.3 Å². The molecule has 3 aromatic heterocycles. The molecule has 10 heteroatoms. The van der Waals surface area contributed by atoms with Crippen LogP contribution < -0.4 is 19.6 Å². The summed E-state index contributed by atoms with van der Waals surface area (Å²) < 4.78 is 28.8. The van der Waals surface area contributed by atoms with E-state index in [4.69, 9.17) is 14.6 Å². The number of benzene rings is 3. The average Bonchev–Trinajstić information content (AvgIpc) is 3.64. The van der Waals surface area contributed by atoms with E-state index in [1.54, 1.807) is 22.9 Å². The van der Waals surface area contributed by atoms with Gasteiger partial charge in [-0.3, -0.25) is 4.79 Å². The molecule has 38 heavy (non-hydrogen) atoms. The highest BCUT2D eigenvalue weighted by atomic mass is 32.1. The summed E-state index contributed by atoms with van der Waals surface area (Å²) in [4.78, 5) is 18.3. The van der Waals surface area contributed by atoms with Gasteiger partial charge >= 0.3 is 0 Å². The van der Waals surface area contributed by atoms with E-state index in [-0.39, 0.29) is 18.0 Å². The third-order valence-corrected chi connectivity index (χ3v) is 7.12. The van der Waals surface area contributed by atoms with Crippen LogP contribution in [0.4, 0.5) is 4.39 Å². The molecule has 186 valence electrons. The Morgan fingerprint density at radius 2 is 1.71 bits per heavy atom. The molecule has 1 aliphatic heterocycles. The molecule has 1 aliphatic rings. The molecule has 1 unspecified atom stereocenters. The number of ether oxygens (including phenoxy) is 2. The SMILES string of the molecule is O=c1c(=Cc2cn(-c3ccccc3)nc2-c2ccc(F)cc2)sc2nc(C3COc4ccccc4O3)nn12. The molecule has 8 nitrogen and oxygen atoms in total. The third-order valence-electron chi connectivity index (χ3n) is 6.16. The quantitative estimate of drug-likeness (QED) is 0.344. The highest BCUT2D eigenvalue weighted by Gasteiger charge is 2.27. The third kappa shape index (κ3) is 3.91. The second-order valence-corrected chi connectivity index (χ2v) is 9.67. The first-order valence-electron chi connectivity index (χ1n) is 11.8. The Balaban J connectivity index is 1.29. The highest BCUT2D eigenvalue weighted by Crippen LogP contribution is 2.35. The number of fused-ring (bicyclic) bond motifs is 2. The van der Waals surface area contributed by atoms with Gasteiger partial charge in [-0.2, -0.15) is 14.6 Å². The van der Waals surface area contributed by atoms with Crippen molar-refractivity contribution in [2.45, 2.75) is 6.10 Å². The summed E-state index contributed by atoms with van der Waals surface area (Å²) in [5.41, 5.74) is 2.64. The minimum atomic E-state index is -0.516. The Labute approximate surface area is 218 Å². The monoisotopic (exact) mass is 523 g/mol. The zero-order chi connectivity index (χ0) is 25.6.